The molecule has 2 aromatic heterocycles. The van der Waals surface area contributed by atoms with Crippen LogP contribution in [0.1, 0.15) is 20.1 Å². The van der Waals surface area contributed by atoms with Crippen molar-refractivity contribution in [1.82, 2.24) is 28.9 Å². The molecule has 0 aromatic carbocycles. The second-order valence-electron chi connectivity index (χ2n) is 8.72. The molecule has 0 aliphatic carbocycles. The van der Waals surface area contributed by atoms with Crippen LogP contribution in [-0.2, 0) is 27.9 Å². The average molecular weight is 515 g/mol. The Labute approximate surface area is 203 Å². The molecule has 1 aliphatic heterocycles. The summed E-state index contributed by atoms with van der Waals surface area (Å²) in [6, 6.07) is 0. The lowest BCUT2D eigenvalue weighted by atomic mass is 10.3. The monoisotopic (exact) mass is 515 g/mol. The topological polar surface area (TPSA) is 124 Å². The lowest BCUT2D eigenvalue weighted by molar-refractivity contribution is -0.211. The van der Waals surface area contributed by atoms with Crippen LogP contribution in [0.15, 0.2) is 21.2 Å². The van der Waals surface area contributed by atoms with Crippen LogP contribution in [0.3, 0.4) is 0 Å². The molecule has 1 amide bonds. The number of hydrogen-bond acceptors (Lipinski definition) is 8. The number of amides is 1. The zero-order valence-corrected chi connectivity index (χ0v) is 20.5. The van der Waals surface area contributed by atoms with Crippen molar-refractivity contribution in [3.63, 3.8) is 0 Å². The molecule has 1 unspecified atom stereocenters. The summed E-state index contributed by atoms with van der Waals surface area (Å²) in [6.45, 7) is 6.29. The lowest BCUT2D eigenvalue weighted by Gasteiger charge is -2.28. The third-order valence-electron chi connectivity index (χ3n) is 5.58. The van der Waals surface area contributed by atoms with E-state index in [0.29, 0.717) is 32.1 Å². The van der Waals surface area contributed by atoms with E-state index in [4.69, 9.17) is 0 Å². The quantitative estimate of drug-likeness (QED) is 0.420. The molecule has 2 aromatic rings. The van der Waals surface area contributed by atoms with Crippen molar-refractivity contribution in [3.05, 3.63) is 32.5 Å². The van der Waals surface area contributed by atoms with E-state index in [0.717, 1.165) is 15.0 Å². The molecule has 1 aliphatic rings. The second-order valence-corrected chi connectivity index (χ2v) is 8.72. The first kappa shape index (κ1) is 27.0. The summed E-state index contributed by atoms with van der Waals surface area (Å²) >= 11 is 0. The van der Waals surface area contributed by atoms with Crippen LogP contribution in [0.4, 0.5) is 19.1 Å². The van der Waals surface area contributed by atoms with Crippen molar-refractivity contribution in [2.24, 2.45) is 7.05 Å². The molecule has 1 atom stereocenters. The number of rotatable bonds is 6. The third-order valence-corrected chi connectivity index (χ3v) is 5.58. The number of carbonyl (C=O) groups excluding carboxylic acids is 2. The fourth-order valence-corrected chi connectivity index (χ4v) is 3.69. The number of hydrogen-bond donors (Lipinski definition) is 1. The Morgan fingerprint density at radius 3 is 2.33 bits per heavy atom. The summed E-state index contributed by atoms with van der Waals surface area (Å²) < 4.78 is 46.0. The SMILES string of the molecule is CC(C)=CCn1c(N2CCNCC2)nc2c1c(=O)n(C(OC(=O)C(F)(F)F)C(=O)N(C)C)c(=O)n2C. The van der Waals surface area contributed by atoms with Crippen LogP contribution in [0.5, 0.6) is 0 Å². The van der Waals surface area contributed by atoms with E-state index >= 15 is 0 Å². The minimum atomic E-state index is -5.45. The Balaban J connectivity index is 2.34. The number of likely N-dealkylation sites (N-methyl/N-ethyl adjacent to an activating group) is 1. The van der Waals surface area contributed by atoms with Crippen LogP contribution in [0.25, 0.3) is 11.2 Å². The number of imidazole rings is 1. The number of aryl methyl sites for hydroxylation is 1. The number of fused-ring (bicyclic) bond motifs is 1. The molecule has 3 heterocycles. The summed E-state index contributed by atoms with van der Waals surface area (Å²) in [5.41, 5.74) is -1.49. The Bertz CT molecular complexity index is 1310. The third kappa shape index (κ3) is 5.15. The zero-order chi connectivity index (χ0) is 26.9. The number of carbonyl (C=O) groups is 2. The highest BCUT2D eigenvalue weighted by atomic mass is 19.4. The number of esters is 1. The summed E-state index contributed by atoms with van der Waals surface area (Å²) in [6.07, 6.45) is -6.11. The van der Waals surface area contributed by atoms with Gasteiger partial charge in [0.1, 0.15) is 0 Å². The zero-order valence-electron chi connectivity index (χ0n) is 20.5. The van der Waals surface area contributed by atoms with Gasteiger partial charge in [-0.05, 0) is 13.8 Å². The number of nitrogens with one attached hydrogen (secondary N) is 1. The highest BCUT2D eigenvalue weighted by Crippen LogP contribution is 2.23. The van der Waals surface area contributed by atoms with Crippen molar-refractivity contribution in [3.8, 4) is 0 Å². The fraction of sp³-hybridized carbons (Fsp3) is 0.571. The molecule has 15 heteroatoms. The van der Waals surface area contributed by atoms with Crippen molar-refractivity contribution >= 4 is 29.0 Å². The minimum absolute atomic E-state index is 0.0184. The number of ether oxygens (including phenoxy) is 1. The van der Waals surface area contributed by atoms with Crippen LogP contribution in [0.2, 0.25) is 0 Å². The smallest absolute Gasteiger partial charge is 0.424 e. The van der Waals surface area contributed by atoms with E-state index in [1.807, 2.05) is 24.8 Å². The Morgan fingerprint density at radius 2 is 1.81 bits per heavy atom. The summed E-state index contributed by atoms with van der Waals surface area (Å²) in [4.78, 5) is 58.4. The number of aromatic nitrogens is 4. The van der Waals surface area contributed by atoms with E-state index in [1.165, 1.54) is 25.7 Å². The van der Waals surface area contributed by atoms with Crippen molar-refractivity contribution in [1.29, 1.82) is 0 Å². The Morgan fingerprint density at radius 1 is 1.19 bits per heavy atom. The van der Waals surface area contributed by atoms with E-state index < -0.39 is 35.5 Å². The van der Waals surface area contributed by atoms with E-state index in [9.17, 15) is 32.3 Å². The van der Waals surface area contributed by atoms with Gasteiger partial charge in [-0.15, -0.1) is 0 Å². The Kier molecular flexibility index (Phi) is 7.62. The molecule has 0 radical (unpaired) electrons. The molecule has 1 saturated heterocycles. The molecule has 198 valence electrons. The van der Waals surface area contributed by atoms with Gasteiger partial charge in [0.15, 0.2) is 11.2 Å². The summed E-state index contributed by atoms with van der Waals surface area (Å²) in [7, 11) is 3.64. The van der Waals surface area contributed by atoms with Crippen LogP contribution >= 0.6 is 0 Å². The van der Waals surface area contributed by atoms with Crippen molar-refractivity contribution in [2.45, 2.75) is 32.8 Å². The maximum absolute atomic E-state index is 13.7. The van der Waals surface area contributed by atoms with Gasteiger partial charge in [-0.1, -0.05) is 11.6 Å². The summed E-state index contributed by atoms with van der Waals surface area (Å²) in [5, 5.41) is 3.20. The highest BCUT2D eigenvalue weighted by molar-refractivity contribution is 5.84. The van der Waals surface area contributed by atoms with Crippen LogP contribution in [-0.4, -0.2) is 81.9 Å². The van der Waals surface area contributed by atoms with Gasteiger partial charge >= 0.3 is 17.8 Å². The number of piperazine rings is 1. The van der Waals surface area contributed by atoms with Gasteiger partial charge in [0, 0.05) is 53.9 Å². The number of nitrogens with zero attached hydrogens (tertiary/aromatic N) is 6. The predicted octanol–water partition coefficient (Wildman–Crippen LogP) is -0.0352. The first-order valence-corrected chi connectivity index (χ1v) is 11.1. The maximum atomic E-state index is 13.7. The molecule has 0 spiro atoms. The van der Waals surface area contributed by atoms with E-state index in [1.54, 1.807) is 0 Å². The van der Waals surface area contributed by atoms with Gasteiger partial charge < -0.3 is 24.4 Å². The van der Waals surface area contributed by atoms with Gasteiger partial charge in [0.25, 0.3) is 17.7 Å². The summed E-state index contributed by atoms with van der Waals surface area (Å²) in [5.74, 6) is -3.53. The largest absolute Gasteiger partial charge is 0.491 e. The van der Waals surface area contributed by atoms with Gasteiger partial charge in [-0.25, -0.2) is 14.2 Å². The fourth-order valence-electron chi connectivity index (χ4n) is 3.69. The normalized spacial score (nSPS) is 15.1. The van der Waals surface area contributed by atoms with Gasteiger partial charge in [-0.2, -0.15) is 18.2 Å². The van der Waals surface area contributed by atoms with Crippen molar-refractivity contribution < 1.29 is 27.5 Å². The number of allylic oxidation sites excluding steroid dienone is 2. The molecule has 1 fully saturated rings. The van der Waals surface area contributed by atoms with Crippen molar-refractivity contribution in [2.75, 3.05) is 45.2 Å². The molecular formula is C21H28F3N7O5. The molecule has 0 bridgehead atoms. The average Bonchev–Trinajstić information content (AvgIpc) is 3.20. The minimum Gasteiger partial charge on any atom is -0.424 e. The molecular weight excluding hydrogens is 487 g/mol. The van der Waals surface area contributed by atoms with Crippen LogP contribution in [0, 0.1) is 0 Å². The number of anilines is 1. The first-order chi connectivity index (χ1) is 16.8. The van der Waals surface area contributed by atoms with Gasteiger partial charge in [0.2, 0.25) is 5.95 Å². The van der Waals surface area contributed by atoms with E-state index in [2.05, 4.69) is 15.0 Å². The van der Waals surface area contributed by atoms with Gasteiger partial charge in [-0.3, -0.25) is 14.2 Å². The van der Waals surface area contributed by atoms with Crippen LogP contribution < -0.4 is 21.5 Å². The van der Waals surface area contributed by atoms with Gasteiger partial charge in [0.05, 0.1) is 0 Å². The molecule has 36 heavy (non-hydrogen) atoms. The maximum Gasteiger partial charge on any atom is 0.491 e. The number of halogens is 3. The lowest BCUT2D eigenvalue weighted by Crippen LogP contribution is -2.49. The van der Waals surface area contributed by atoms with E-state index in [-0.39, 0.29) is 22.3 Å². The molecule has 3 rings (SSSR count). The predicted molar refractivity (Wildman–Crippen MR) is 124 cm³/mol. The highest BCUT2D eigenvalue weighted by Gasteiger charge is 2.45. The molecule has 1 N–H and O–H groups in total. The molecule has 0 saturated carbocycles. The number of alkyl halides is 3. The Hall–Kier alpha value is -3.62. The second kappa shape index (κ2) is 10.2. The standard InChI is InChI=1S/C21H28F3N7O5/c1-12(2)6-9-30-13-14(26-19(30)29-10-7-25-8-11-29)28(5)20(35)31(15(13)32)17(16(33)27(3)4)36-18(34)21(22,23)24/h6,17,25H,7-11H2,1-5H3. The molecule has 12 nitrogen and oxygen atoms in total. The first-order valence-electron chi connectivity index (χ1n) is 11.1.